The van der Waals surface area contributed by atoms with Crippen molar-refractivity contribution in [2.24, 2.45) is 10.1 Å². The third-order valence-corrected chi connectivity index (χ3v) is 5.16. The van der Waals surface area contributed by atoms with Gasteiger partial charge in [0.2, 0.25) is 15.2 Å². The van der Waals surface area contributed by atoms with Gasteiger partial charge in [-0.15, -0.1) is 0 Å². The lowest BCUT2D eigenvalue weighted by Gasteiger charge is -2.36. The molecule has 136 valence electrons. The van der Waals surface area contributed by atoms with Gasteiger partial charge in [0.15, 0.2) is 5.96 Å². The van der Waals surface area contributed by atoms with Crippen LogP contribution < -0.4 is 15.4 Å². The van der Waals surface area contributed by atoms with Crippen LogP contribution in [0.5, 0.6) is 0 Å². The van der Waals surface area contributed by atoms with Gasteiger partial charge in [-0.3, -0.25) is 4.99 Å². The molecule has 1 fully saturated rings. The lowest BCUT2D eigenvalue weighted by Crippen LogP contribution is -2.52. The molecule has 3 N–H and O–H groups in total. The van der Waals surface area contributed by atoms with Gasteiger partial charge >= 0.3 is 0 Å². The SMILES string of the molecule is CCNC(=NCCS(N)(=O)=O)N1CCN(c2nc(CC)ns2)CC1. The van der Waals surface area contributed by atoms with Crippen LogP contribution >= 0.6 is 11.5 Å². The zero-order valence-corrected chi connectivity index (χ0v) is 15.7. The minimum Gasteiger partial charge on any atom is -0.357 e. The van der Waals surface area contributed by atoms with E-state index in [-0.39, 0.29) is 12.3 Å². The fourth-order valence-corrected chi connectivity index (χ4v) is 3.48. The number of nitrogens with one attached hydrogen (secondary N) is 1. The molecule has 0 aliphatic carbocycles. The average Bonchev–Trinajstić information content (AvgIpc) is 3.02. The highest BCUT2D eigenvalue weighted by atomic mass is 32.2. The second-order valence-electron chi connectivity index (χ2n) is 5.42. The monoisotopic (exact) mass is 375 g/mol. The van der Waals surface area contributed by atoms with Crippen LogP contribution in [0.25, 0.3) is 0 Å². The molecule has 0 radical (unpaired) electrons. The number of primary sulfonamides is 1. The van der Waals surface area contributed by atoms with Gasteiger partial charge in [0.1, 0.15) is 5.82 Å². The number of guanidine groups is 1. The number of rotatable bonds is 6. The maximum atomic E-state index is 11.0. The number of piperazine rings is 1. The van der Waals surface area contributed by atoms with Gasteiger partial charge in [0, 0.05) is 50.7 Å². The van der Waals surface area contributed by atoms with Crippen molar-refractivity contribution in [2.45, 2.75) is 20.3 Å². The quantitative estimate of drug-likeness (QED) is 0.507. The fraction of sp³-hybridized carbons (Fsp3) is 0.769. The summed E-state index contributed by atoms with van der Waals surface area (Å²) in [5.41, 5.74) is 0. The zero-order chi connectivity index (χ0) is 17.6. The Balaban J connectivity index is 1.93. The first kappa shape index (κ1) is 18.9. The number of nitrogens with two attached hydrogens (primary N) is 1. The van der Waals surface area contributed by atoms with Crippen LogP contribution in [0.3, 0.4) is 0 Å². The molecular weight excluding hydrogens is 350 g/mol. The Hall–Kier alpha value is -1.46. The Kier molecular flexibility index (Phi) is 6.75. The predicted molar refractivity (Wildman–Crippen MR) is 97.0 cm³/mol. The van der Waals surface area contributed by atoms with E-state index in [1.54, 1.807) is 0 Å². The lowest BCUT2D eigenvalue weighted by atomic mass is 10.3. The topological polar surface area (TPSA) is 117 Å². The van der Waals surface area contributed by atoms with Gasteiger partial charge in [-0.05, 0) is 6.92 Å². The van der Waals surface area contributed by atoms with E-state index in [0.717, 1.165) is 56.1 Å². The van der Waals surface area contributed by atoms with Gasteiger partial charge in [0.25, 0.3) is 0 Å². The molecule has 0 saturated carbocycles. The van der Waals surface area contributed by atoms with Gasteiger partial charge in [-0.1, -0.05) is 6.92 Å². The second kappa shape index (κ2) is 8.58. The molecule has 2 rings (SSSR count). The first-order chi connectivity index (χ1) is 11.4. The Labute approximate surface area is 147 Å². The van der Waals surface area contributed by atoms with Gasteiger partial charge < -0.3 is 15.1 Å². The number of aromatic nitrogens is 2. The Morgan fingerprint density at radius 3 is 2.58 bits per heavy atom. The molecule has 0 aromatic carbocycles. The Bertz CT molecular complexity index is 651. The number of aliphatic imine (C=N–C) groups is 1. The molecule has 11 heteroatoms. The molecule has 1 aromatic rings. The van der Waals surface area contributed by atoms with E-state index in [4.69, 9.17) is 5.14 Å². The Morgan fingerprint density at radius 1 is 1.33 bits per heavy atom. The highest BCUT2D eigenvalue weighted by Gasteiger charge is 2.22. The Morgan fingerprint density at radius 2 is 2.04 bits per heavy atom. The van der Waals surface area contributed by atoms with Crippen molar-refractivity contribution in [1.82, 2.24) is 19.6 Å². The summed E-state index contributed by atoms with van der Waals surface area (Å²) in [4.78, 5) is 13.2. The van der Waals surface area contributed by atoms with Crippen molar-refractivity contribution in [3.63, 3.8) is 0 Å². The third kappa shape index (κ3) is 5.56. The van der Waals surface area contributed by atoms with Crippen LogP contribution in [-0.2, 0) is 16.4 Å². The molecule has 1 aliphatic heterocycles. The number of sulfonamides is 1. The van der Waals surface area contributed by atoms with Crippen molar-refractivity contribution in [3.05, 3.63) is 5.82 Å². The van der Waals surface area contributed by atoms with Crippen LogP contribution in [0.1, 0.15) is 19.7 Å². The van der Waals surface area contributed by atoms with Crippen molar-refractivity contribution >= 4 is 32.6 Å². The number of hydrogen-bond donors (Lipinski definition) is 2. The van der Waals surface area contributed by atoms with Crippen LogP contribution in [-0.4, -0.2) is 73.7 Å². The summed E-state index contributed by atoms with van der Waals surface area (Å²) in [5, 5.41) is 9.18. The molecule has 1 aromatic heterocycles. The summed E-state index contributed by atoms with van der Waals surface area (Å²) in [5.74, 6) is 1.47. The number of anilines is 1. The van der Waals surface area contributed by atoms with E-state index in [0.29, 0.717) is 0 Å². The summed E-state index contributed by atoms with van der Waals surface area (Å²) >= 11 is 1.44. The van der Waals surface area contributed by atoms with Crippen LogP contribution in [0, 0.1) is 0 Å². The smallest absolute Gasteiger partial charge is 0.210 e. The van der Waals surface area contributed by atoms with E-state index in [1.807, 2.05) is 13.8 Å². The van der Waals surface area contributed by atoms with Crippen molar-refractivity contribution in [1.29, 1.82) is 0 Å². The molecule has 0 bridgehead atoms. The maximum absolute atomic E-state index is 11.0. The first-order valence-corrected chi connectivity index (χ1v) is 10.5. The molecule has 0 unspecified atom stereocenters. The van der Waals surface area contributed by atoms with E-state index < -0.39 is 10.0 Å². The maximum Gasteiger partial charge on any atom is 0.210 e. The minimum absolute atomic E-state index is 0.146. The largest absolute Gasteiger partial charge is 0.357 e. The van der Waals surface area contributed by atoms with Crippen LogP contribution in [0.4, 0.5) is 5.13 Å². The van der Waals surface area contributed by atoms with Crippen molar-refractivity contribution in [2.75, 3.05) is 49.9 Å². The molecule has 0 spiro atoms. The molecule has 2 heterocycles. The first-order valence-electron chi connectivity index (χ1n) is 8.04. The number of aryl methyl sites for hydroxylation is 1. The van der Waals surface area contributed by atoms with Crippen LogP contribution in [0.2, 0.25) is 0 Å². The summed E-state index contributed by atoms with van der Waals surface area (Å²) in [6, 6.07) is 0. The molecular formula is C13H25N7O2S2. The van der Waals surface area contributed by atoms with E-state index >= 15 is 0 Å². The second-order valence-corrected chi connectivity index (χ2v) is 7.89. The van der Waals surface area contributed by atoms with E-state index in [2.05, 4.69) is 29.5 Å². The zero-order valence-electron chi connectivity index (χ0n) is 14.1. The standard InChI is InChI=1S/C13H25N7O2S2/c1-3-11-17-13(23-18-11)20-8-6-19(7-9-20)12(15-4-2)16-5-10-24(14,21)22/h3-10H2,1-2H3,(H,15,16)(H2,14,21,22). The van der Waals surface area contributed by atoms with Gasteiger partial charge in [-0.2, -0.15) is 4.37 Å². The van der Waals surface area contributed by atoms with Gasteiger partial charge in [-0.25, -0.2) is 18.5 Å². The molecule has 24 heavy (non-hydrogen) atoms. The lowest BCUT2D eigenvalue weighted by molar-refractivity contribution is 0.372. The summed E-state index contributed by atoms with van der Waals surface area (Å²) < 4.78 is 26.4. The number of hydrogen-bond acceptors (Lipinski definition) is 7. The predicted octanol–water partition coefficient (Wildman–Crippen LogP) is -0.523. The normalized spacial score (nSPS) is 16.5. The summed E-state index contributed by atoms with van der Waals surface area (Å²) in [7, 11) is -3.49. The molecule has 1 saturated heterocycles. The third-order valence-electron chi connectivity index (χ3n) is 3.60. The summed E-state index contributed by atoms with van der Waals surface area (Å²) in [6.07, 6.45) is 0.845. The van der Waals surface area contributed by atoms with E-state index in [9.17, 15) is 8.42 Å². The molecule has 9 nitrogen and oxygen atoms in total. The van der Waals surface area contributed by atoms with Crippen molar-refractivity contribution < 1.29 is 8.42 Å². The molecule has 0 atom stereocenters. The fourth-order valence-electron chi connectivity index (χ4n) is 2.33. The van der Waals surface area contributed by atoms with Gasteiger partial charge in [0.05, 0.1) is 12.3 Å². The van der Waals surface area contributed by atoms with Crippen molar-refractivity contribution in [3.8, 4) is 0 Å². The highest BCUT2D eigenvalue weighted by molar-refractivity contribution is 7.89. The number of nitrogens with zero attached hydrogens (tertiary/aromatic N) is 5. The average molecular weight is 376 g/mol. The summed E-state index contributed by atoms with van der Waals surface area (Å²) in [6.45, 7) is 8.17. The molecule has 0 amide bonds. The minimum atomic E-state index is -3.49. The van der Waals surface area contributed by atoms with E-state index in [1.165, 1.54) is 11.5 Å². The van der Waals surface area contributed by atoms with Crippen LogP contribution in [0.15, 0.2) is 4.99 Å². The molecule has 1 aliphatic rings. The highest BCUT2D eigenvalue weighted by Crippen LogP contribution is 2.19.